The van der Waals surface area contributed by atoms with Crippen LogP contribution >= 0.6 is 0 Å². The molecule has 1 unspecified atom stereocenters. The van der Waals surface area contributed by atoms with Gasteiger partial charge in [0.2, 0.25) is 5.91 Å². The first-order valence-corrected chi connectivity index (χ1v) is 8.05. The van der Waals surface area contributed by atoms with Gasteiger partial charge >= 0.3 is 6.03 Å². The highest BCUT2D eigenvalue weighted by Crippen LogP contribution is 2.17. The van der Waals surface area contributed by atoms with Gasteiger partial charge in [0, 0.05) is 18.6 Å². The van der Waals surface area contributed by atoms with E-state index in [4.69, 9.17) is 5.73 Å². The lowest BCUT2D eigenvalue weighted by molar-refractivity contribution is -0.120. The maximum atomic E-state index is 11.8. The molecule has 0 aliphatic heterocycles. The Kier molecular flexibility index (Phi) is 8.12. The van der Waals surface area contributed by atoms with Crippen molar-refractivity contribution in [2.75, 3.05) is 13.1 Å². The minimum Gasteiger partial charge on any atom is -0.351 e. The number of nitrogens with two attached hydrogens (primary N) is 1. The fraction of sp³-hybridized carbons (Fsp3) is 0.867. The van der Waals surface area contributed by atoms with Gasteiger partial charge in [0.25, 0.3) is 0 Å². The number of hydrogen-bond acceptors (Lipinski definition) is 3. The van der Waals surface area contributed by atoms with E-state index in [1.807, 2.05) is 0 Å². The number of urea groups is 1. The predicted molar refractivity (Wildman–Crippen MR) is 83.8 cm³/mol. The quantitative estimate of drug-likeness (QED) is 0.567. The van der Waals surface area contributed by atoms with Crippen LogP contribution in [0.3, 0.4) is 0 Å². The van der Waals surface area contributed by atoms with E-state index in [0.717, 1.165) is 19.3 Å². The third kappa shape index (κ3) is 7.90. The number of amides is 3. The Hall–Kier alpha value is -1.30. The zero-order valence-electron chi connectivity index (χ0n) is 13.3. The average Bonchev–Trinajstić information content (AvgIpc) is 2.45. The van der Waals surface area contributed by atoms with E-state index >= 15 is 0 Å². The molecule has 1 aliphatic rings. The molecule has 0 radical (unpaired) electrons. The van der Waals surface area contributed by atoms with Gasteiger partial charge in [0.05, 0.1) is 6.54 Å². The highest BCUT2D eigenvalue weighted by atomic mass is 16.2. The smallest absolute Gasteiger partial charge is 0.315 e. The fourth-order valence-corrected chi connectivity index (χ4v) is 2.71. The number of carbonyl (C=O) groups is 2. The molecule has 0 aromatic rings. The monoisotopic (exact) mass is 298 g/mol. The topological polar surface area (TPSA) is 96.2 Å². The summed E-state index contributed by atoms with van der Waals surface area (Å²) in [7, 11) is 0. The highest BCUT2D eigenvalue weighted by molar-refractivity contribution is 5.84. The molecule has 5 N–H and O–H groups in total. The molecule has 1 atom stereocenters. The van der Waals surface area contributed by atoms with Crippen LogP contribution in [-0.4, -0.2) is 37.1 Å². The van der Waals surface area contributed by atoms with E-state index in [1.165, 1.54) is 19.3 Å². The zero-order chi connectivity index (χ0) is 15.7. The first-order chi connectivity index (χ1) is 10.0. The second kappa shape index (κ2) is 9.60. The Morgan fingerprint density at radius 2 is 1.86 bits per heavy atom. The van der Waals surface area contributed by atoms with Crippen molar-refractivity contribution < 1.29 is 9.59 Å². The predicted octanol–water partition coefficient (Wildman–Crippen LogP) is 1.11. The molecular weight excluding hydrogens is 268 g/mol. The van der Waals surface area contributed by atoms with Crippen LogP contribution < -0.4 is 21.7 Å². The second-order valence-corrected chi connectivity index (χ2v) is 6.29. The molecule has 1 rings (SSSR count). The van der Waals surface area contributed by atoms with Crippen LogP contribution in [0, 0.1) is 5.92 Å². The van der Waals surface area contributed by atoms with E-state index in [2.05, 4.69) is 29.8 Å². The lowest BCUT2D eigenvalue weighted by Crippen LogP contribution is -2.49. The summed E-state index contributed by atoms with van der Waals surface area (Å²) in [5.41, 5.74) is 5.63. The van der Waals surface area contributed by atoms with Crippen molar-refractivity contribution in [1.82, 2.24) is 16.0 Å². The maximum Gasteiger partial charge on any atom is 0.315 e. The minimum absolute atomic E-state index is 0.00680. The molecule has 0 heterocycles. The van der Waals surface area contributed by atoms with Crippen molar-refractivity contribution in [2.24, 2.45) is 11.7 Å². The summed E-state index contributed by atoms with van der Waals surface area (Å²) >= 11 is 0. The zero-order valence-corrected chi connectivity index (χ0v) is 13.3. The van der Waals surface area contributed by atoms with Crippen LogP contribution in [0.4, 0.5) is 4.79 Å². The lowest BCUT2D eigenvalue weighted by atomic mass is 9.96. The number of carbonyl (C=O) groups excluding carboxylic acids is 2. The molecule has 0 aromatic heterocycles. The molecule has 3 amide bonds. The summed E-state index contributed by atoms with van der Waals surface area (Å²) < 4.78 is 0. The second-order valence-electron chi connectivity index (χ2n) is 6.29. The standard InChI is InChI=1S/C15H30N4O2/c1-11(2)8-13(9-16)18-14(20)10-17-15(21)19-12-6-4-3-5-7-12/h11-13H,3-10,16H2,1-2H3,(H,18,20)(H2,17,19,21). The van der Waals surface area contributed by atoms with E-state index in [9.17, 15) is 9.59 Å². The Labute approximate surface area is 127 Å². The Bertz CT molecular complexity index is 328. The molecule has 1 aliphatic carbocycles. The van der Waals surface area contributed by atoms with Gasteiger partial charge in [-0.05, 0) is 25.2 Å². The van der Waals surface area contributed by atoms with E-state index in [1.54, 1.807) is 0 Å². The molecule has 0 aromatic carbocycles. The van der Waals surface area contributed by atoms with Gasteiger partial charge in [-0.15, -0.1) is 0 Å². The lowest BCUT2D eigenvalue weighted by Gasteiger charge is -2.23. The van der Waals surface area contributed by atoms with Gasteiger partial charge < -0.3 is 21.7 Å². The van der Waals surface area contributed by atoms with Crippen LogP contribution in [0.1, 0.15) is 52.4 Å². The Morgan fingerprint density at radius 3 is 2.43 bits per heavy atom. The van der Waals surface area contributed by atoms with Gasteiger partial charge in [-0.25, -0.2) is 4.79 Å². The Morgan fingerprint density at radius 1 is 1.19 bits per heavy atom. The van der Waals surface area contributed by atoms with E-state index in [-0.39, 0.29) is 30.6 Å². The molecule has 0 spiro atoms. The van der Waals surface area contributed by atoms with Crippen molar-refractivity contribution in [1.29, 1.82) is 0 Å². The van der Waals surface area contributed by atoms with Gasteiger partial charge in [-0.1, -0.05) is 33.1 Å². The summed E-state index contributed by atoms with van der Waals surface area (Å²) in [6.45, 7) is 4.58. The van der Waals surface area contributed by atoms with Crippen molar-refractivity contribution in [2.45, 2.75) is 64.5 Å². The van der Waals surface area contributed by atoms with Crippen molar-refractivity contribution in [3.63, 3.8) is 0 Å². The molecule has 0 saturated heterocycles. The van der Waals surface area contributed by atoms with E-state index < -0.39 is 0 Å². The number of hydrogen-bond donors (Lipinski definition) is 4. The first kappa shape index (κ1) is 17.8. The largest absolute Gasteiger partial charge is 0.351 e. The third-order valence-electron chi connectivity index (χ3n) is 3.76. The van der Waals surface area contributed by atoms with Crippen molar-refractivity contribution in [3.8, 4) is 0 Å². The molecule has 0 bridgehead atoms. The highest BCUT2D eigenvalue weighted by Gasteiger charge is 2.16. The molecule has 6 heteroatoms. The van der Waals surface area contributed by atoms with Gasteiger partial charge in [0.1, 0.15) is 0 Å². The molecule has 122 valence electrons. The summed E-state index contributed by atoms with van der Waals surface area (Å²) in [6.07, 6.45) is 6.49. The third-order valence-corrected chi connectivity index (χ3v) is 3.76. The summed E-state index contributed by atoms with van der Waals surface area (Å²) in [5, 5.41) is 8.38. The van der Waals surface area contributed by atoms with Crippen LogP contribution in [0.15, 0.2) is 0 Å². The molecular formula is C15H30N4O2. The van der Waals surface area contributed by atoms with Crippen LogP contribution in [0.25, 0.3) is 0 Å². The number of nitrogens with one attached hydrogen (secondary N) is 3. The van der Waals surface area contributed by atoms with Crippen LogP contribution in [0.2, 0.25) is 0 Å². The molecule has 1 fully saturated rings. The molecule has 21 heavy (non-hydrogen) atoms. The average molecular weight is 298 g/mol. The van der Waals surface area contributed by atoms with Gasteiger partial charge in [0.15, 0.2) is 0 Å². The summed E-state index contributed by atoms with van der Waals surface area (Å²) in [5.74, 6) is 0.284. The van der Waals surface area contributed by atoms with Crippen molar-refractivity contribution in [3.05, 3.63) is 0 Å². The van der Waals surface area contributed by atoms with Crippen molar-refractivity contribution >= 4 is 11.9 Å². The molecule has 6 nitrogen and oxygen atoms in total. The first-order valence-electron chi connectivity index (χ1n) is 8.05. The molecule has 1 saturated carbocycles. The maximum absolute atomic E-state index is 11.8. The Balaban J connectivity index is 2.20. The SMILES string of the molecule is CC(C)CC(CN)NC(=O)CNC(=O)NC1CCCCC1. The van der Waals surface area contributed by atoms with Gasteiger partial charge in [-0.3, -0.25) is 4.79 Å². The normalized spacial score (nSPS) is 17.3. The van der Waals surface area contributed by atoms with Gasteiger partial charge in [-0.2, -0.15) is 0 Å². The minimum atomic E-state index is -0.259. The fourth-order valence-electron chi connectivity index (χ4n) is 2.71. The summed E-state index contributed by atoms with van der Waals surface area (Å²) in [6, 6.07) is -0.0366. The summed E-state index contributed by atoms with van der Waals surface area (Å²) in [4.78, 5) is 23.5. The van der Waals surface area contributed by atoms with Crippen LogP contribution in [0.5, 0.6) is 0 Å². The van der Waals surface area contributed by atoms with Crippen LogP contribution in [-0.2, 0) is 4.79 Å². The van der Waals surface area contributed by atoms with E-state index in [0.29, 0.717) is 12.5 Å². The number of rotatable bonds is 7.